The van der Waals surface area contributed by atoms with Gasteiger partial charge in [0.15, 0.2) is 5.75 Å². The molecule has 0 atom stereocenters. The molecular weight excluding hydrogens is 349 g/mol. The molecule has 1 nitrogen and oxygen atoms in total. The van der Waals surface area contributed by atoms with Crippen LogP contribution in [0.3, 0.4) is 0 Å². The number of hydrogen-bond acceptors (Lipinski definition) is 1. The zero-order valence-corrected chi connectivity index (χ0v) is 13.4. The van der Waals surface area contributed by atoms with Gasteiger partial charge in [-0.25, -0.2) is 0 Å². The first-order chi connectivity index (χ1) is 8.93. The fourth-order valence-corrected chi connectivity index (χ4v) is 2.95. The standard InChI is InChI=1S/C13H7Cl5O/c1-19-13-11(17)2-6(3-12(13)18)7-4-9(15)10(16)5-8(7)14/h2-5H,1H3. The SMILES string of the molecule is COc1c(Cl)cc(-c2cc(Cl)c(Cl)cc2Cl)cc1Cl. The molecule has 0 N–H and O–H groups in total. The third-order valence-electron chi connectivity index (χ3n) is 2.52. The summed E-state index contributed by atoms with van der Waals surface area (Å²) in [6, 6.07) is 6.66. The summed E-state index contributed by atoms with van der Waals surface area (Å²) >= 11 is 30.2. The Labute approximate surface area is 135 Å². The van der Waals surface area contributed by atoms with Crippen LogP contribution in [0, 0.1) is 0 Å². The lowest BCUT2D eigenvalue weighted by atomic mass is 10.1. The first kappa shape index (κ1) is 15.1. The number of halogens is 5. The van der Waals surface area contributed by atoms with Gasteiger partial charge in [0.2, 0.25) is 0 Å². The Morgan fingerprint density at radius 2 is 1.21 bits per heavy atom. The largest absolute Gasteiger partial charge is 0.494 e. The van der Waals surface area contributed by atoms with E-state index < -0.39 is 0 Å². The van der Waals surface area contributed by atoms with Gasteiger partial charge in [0.05, 0.1) is 27.2 Å². The van der Waals surface area contributed by atoms with Crippen molar-refractivity contribution in [2.24, 2.45) is 0 Å². The average molecular weight is 356 g/mol. The van der Waals surface area contributed by atoms with Crippen molar-refractivity contribution in [2.45, 2.75) is 0 Å². The van der Waals surface area contributed by atoms with Crippen LogP contribution >= 0.6 is 58.0 Å². The molecule has 0 radical (unpaired) electrons. The van der Waals surface area contributed by atoms with Crippen LogP contribution in [0.2, 0.25) is 25.1 Å². The lowest BCUT2D eigenvalue weighted by Gasteiger charge is -2.11. The zero-order chi connectivity index (χ0) is 14.2. The van der Waals surface area contributed by atoms with E-state index in [1.165, 1.54) is 7.11 Å². The molecule has 0 aliphatic rings. The van der Waals surface area contributed by atoms with Crippen molar-refractivity contribution < 1.29 is 4.74 Å². The Kier molecular flexibility index (Phi) is 4.75. The van der Waals surface area contributed by atoms with Crippen molar-refractivity contribution in [3.05, 3.63) is 49.4 Å². The fraction of sp³-hybridized carbons (Fsp3) is 0.0769. The smallest absolute Gasteiger partial charge is 0.156 e. The van der Waals surface area contributed by atoms with Gasteiger partial charge in [0.25, 0.3) is 0 Å². The third kappa shape index (κ3) is 3.07. The van der Waals surface area contributed by atoms with Crippen LogP contribution in [0.25, 0.3) is 11.1 Å². The Bertz CT molecular complexity index is 616. The third-order valence-corrected chi connectivity index (χ3v) is 4.12. The first-order valence-electron chi connectivity index (χ1n) is 5.12. The predicted molar refractivity (Wildman–Crippen MR) is 83.5 cm³/mol. The van der Waals surface area contributed by atoms with E-state index in [1.807, 2.05) is 0 Å². The first-order valence-corrected chi connectivity index (χ1v) is 7.01. The Morgan fingerprint density at radius 3 is 1.74 bits per heavy atom. The Hall–Kier alpha value is -0.310. The number of rotatable bonds is 2. The van der Waals surface area contributed by atoms with E-state index in [0.717, 1.165) is 5.56 Å². The van der Waals surface area contributed by atoms with Gasteiger partial charge in [0, 0.05) is 10.6 Å². The second-order valence-corrected chi connectivity index (χ2v) is 5.76. The zero-order valence-electron chi connectivity index (χ0n) is 9.61. The molecule has 0 unspecified atom stereocenters. The van der Waals surface area contributed by atoms with E-state index in [2.05, 4.69) is 0 Å². The van der Waals surface area contributed by atoms with E-state index in [0.29, 0.717) is 36.4 Å². The second-order valence-electron chi connectivity index (χ2n) is 3.72. The maximum atomic E-state index is 6.15. The number of benzene rings is 2. The maximum Gasteiger partial charge on any atom is 0.156 e. The van der Waals surface area contributed by atoms with Crippen molar-refractivity contribution in [3.63, 3.8) is 0 Å². The molecule has 19 heavy (non-hydrogen) atoms. The molecule has 0 amide bonds. The quantitative estimate of drug-likeness (QED) is 0.549. The van der Waals surface area contributed by atoms with Crippen LogP contribution in [0.1, 0.15) is 0 Å². The molecule has 2 aromatic carbocycles. The van der Waals surface area contributed by atoms with Gasteiger partial charge in [0.1, 0.15) is 0 Å². The van der Waals surface area contributed by atoms with Crippen molar-refractivity contribution in [1.29, 1.82) is 0 Å². The van der Waals surface area contributed by atoms with Gasteiger partial charge in [-0.2, -0.15) is 0 Å². The molecule has 100 valence electrons. The minimum Gasteiger partial charge on any atom is -0.494 e. The van der Waals surface area contributed by atoms with Crippen LogP contribution in [0.5, 0.6) is 5.75 Å². The van der Waals surface area contributed by atoms with Gasteiger partial charge in [-0.1, -0.05) is 58.0 Å². The highest BCUT2D eigenvalue weighted by Gasteiger charge is 2.13. The normalized spacial score (nSPS) is 10.6. The second kappa shape index (κ2) is 5.99. The summed E-state index contributed by atoms with van der Waals surface area (Å²) < 4.78 is 5.10. The van der Waals surface area contributed by atoms with Crippen molar-refractivity contribution >= 4 is 58.0 Å². The molecule has 0 saturated carbocycles. The van der Waals surface area contributed by atoms with Crippen molar-refractivity contribution in [2.75, 3.05) is 7.11 Å². The molecular formula is C13H7Cl5O. The summed E-state index contributed by atoms with van der Waals surface area (Å²) in [6.45, 7) is 0. The lowest BCUT2D eigenvalue weighted by molar-refractivity contribution is 0.415. The molecule has 0 saturated heterocycles. The minimum absolute atomic E-state index is 0.390. The van der Waals surface area contributed by atoms with E-state index >= 15 is 0 Å². The van der Waals surface area contributed by atoms with Gasteiger partial charge >= 0.3 is 0 Å². The van der Waals surface area contributed by atoms with E-state index in [9.17, 15) is 0 Å². The predicted octanol–water partition coefficient (Wildman–Crippen LogP) is 6.63. The topological polar surface area (TPSA) is 9.23 Å². The lowest BCUT2D eigenvalue weighted by Crippen LogP contribution is -1.88. The van der Waals surface area contributed by atoms with Gasteiger partial charge in [-0.3, -0.25) is 0 Å². The summed E-state index contributed by atoms with van der Waals surface area (Å²) in [5.74, 6) is 0.420. The van der Waals surface area contributed by atoms with Crippen LogP contribution < -0.4 is 4.74 Å². The van der Waals surface area contributed by atoms with Gasteiger partial charge in [-0.15, -0.1) is 0 Å². The molecule has 0 spiro atoms. The molecule has 0 bridgehead atoms. The highest BCUT2D eigenvalue weighted by atomic mass is 35.5. The summed E-state index contributed by atoms with van der Waals surface area (Å²) in [5, 5.41) is 2.05. The fourth-order valence-electron chi connectivity index (χ4n) is 1.65. The summed E-state index contributed by atoms with van der Waals surface area (Å²) in [7, 11) is 1.50. The molecule has 6 heteroatoms. The molecule has 0 aliphatic heterocycles. The molecule has 2 aromatic rings. The van der Waals surface area contributed by atoms with Crippen LogP contribution in [0.15, 0.2) is 24.3 Å². The maximum absolute atomic E-state index is 6.15. The van der Waals surface area contributed by atoms with Crippen molar-refractivity contribution in [1.82, 2.24) is 0 Å². The van der Waals surface area contributed by atoms with Gasteiger partial charge in [-0.05, 0) is 29.8 Å². The monoisotopic (exact) mass is 354 g/mol. The van der Waals surface area contributed by atoms with Crippen molar-refractivity contribution in [3.8, 4) is 16.9 Å². The number of ether oxygens (including phenoxy) is 1. The molecule has 2 rings (SSSR count). The Morgan fingerprint density at radius 1 is 0.684 bits per heavy atom. The average Bonchev–Trinajstić information content (AvgIpc) is 2.33. The highest BCUT2D eigenvalue weighted by molar-refractivity contribution is 6.44. The summed E-state index contributed by atoms with van der Waals surface area (Å²) in [4.78, 5) is 0. The van der Waals surface area contributed by atoms with E-state index in [4.69, 9.17) is 62.7 Å². The van der Waals surface area contributed by atoms with Crippen LogP contribution in [-0.4, -0.2) is 7.11 Å². The summed E-state index contributed by atoms with van der Waals surface area (Å²) in [5.41, 5.74) is 1.43. The van der Waals surface area contributed by atoms with Crippen LogP contribution in [-0.2, 0) is 0 Å². The molecule has 0 fully saturated rings. The Balaban J connectivity index is 2.63. The molecule has 0 aromatic heterocycles. The highest BCUT2D eigenvalue weighted by Crippen LogP contribution is 2.41. The summed E-state index contributed by atoms with van der Waals surface area (Å²) in [6.07, 6.45) is 0. The molecule has 0 heterocycles. The van der Waals surface area contributed by atoms with E-state index in [1.54, 1.807) is 24.3 Å². The molecule has 0 aliphatic carbocycles. The number of methoxy groups -OCH3 is 1. The van der Waals surface area contributed by atoms with Gasteiger partial charge < -0.3 is 4.74 Å². The van der Waals surface area contributed by atoms with Crippen LogP contribution in [0.4, 0.5) is 0 Å². The minimum atomic E-state index is 0.390. The van der Waals surface area contributed by atoms with E-state index in [-0.39, 0.29) is 0 Å². The number of hydrogen-bond donors (Lipinski definition) is 0.